The van der Waals surface area contributed by atoms with Crippen LogP contribution in [0.1, 0.15) is 71.5 Å². The number of ether oxygens (including phenoxy) is 1. The van der Waals surface area contributed by atoms with Gasteiger partial charge in [-0.25, -0.2) is 0 Å². The number of nitrogens with zero attached hydrogens (tertiary/aromatic N) is 1. The Morgan fingerprint density at radius 2 is 1.94 bits per heavy atom. The number of rotatable bonds is 6. The van der Waals surface area contributed by atoms with Gasteiger partial charge in [0.2, 0.25) is 11.8 Å². The zero-order valence-electron chi connectivity index (χ0n) is 18.4. The number of hydrogen-bond donors (Lipinski definition) is 3. The molecule has 2 amide bonds. The van der Waals surface area contributed by atoms with Gasteiger partial charge in [-0.3, -0.25) is 9.59 Å². The highest BCUT2D eigenvalue weighted by Crippen LogP contribution is 2.42. The standard InChI is InChI=1S/C24H33N3O4/c1-3-20(28)22-17(12-21(25)29)23-16(11-18(22)24(26)30)15-10-14(4-5-19(15)27(23)2)13-6-8-31-9-7-13/h11,13-14,20,28H,3-10,12H2,1-2H3,(H2,25,29)(H2,26,30). The van der Waals surface area contributed by atoms with Crippen LogP contribution >= 0.6 is 0 Å². The van der Waals surface area contributed by atoms with Crippen LogP contribution in [0.5, 0.6) is 0 Å². The molecule has 5 N–H and O–H groups in total. The third-order valence-corrected chi connectivity index (χ3v) is 7.35. The topological polar surface area (TPSA) is 121 Å². The molecular formula is C24H33N3O4. The Morgan fingerprint density at radius 1 is 1.23 bits per heavy atom. The highest BCUT2D eigenvalue weighted by molar-refractivity contribution is 6.03. The first-order chi connectivity index (χ1) is 14.8. The molecule has 1 aromatic heterocycles. The molecule has 0 saturated carbocycles. The van der Waals surface area contributed by atoms with E-state index in [4.69, 9.17) is 16.2 Å². The quantitative estimate of drug-likeness (QED) is 0.655. The lowest BCUT2D eigenvalue weighted by atomic mass is 9.75. The molecule has 2 aromatic rings. The Bertz CT molecular complexity index is 1020. The monoisotopic (exact) mass is 427 g/mol. The summed E-state index contributed by atoms with van der Waals surface area (Å²) >= 11 is 0. The van der Waals surface area contributed by atoms with Crippen molar-refractivity contribution in [1.29, 1.82) is 0 Å². The van der Waals surface area contributed by atoms with Gasteiger partial charge in [-0.2, -0.15) is 0 Å². The van der Waals surface area contributed by atoms with E-state index in [0.717, 1.165) is 56.2 Å². The van der Waals surface area contributed by atoms with Gasteiger partial charge in [0.25, 0.3) is 0 Å². The maximum absolute atomic E-state index is 12.4. The number of aryl methyl sites for hydroxylation is 1. The third-order valence-electron chi connectivity index (χ3n) is 7.35. The van der Waals surface area contributed by atoms with Crippen molar-refractivity contribution in [3.8, 4) is 0 Å². The maximum Gasteiger partial charge on any atom is 0.249 e. The summed E-state index contributed by atoms with van der Waals surface area (Å²) in [5, 5.41) is 11.7. The summed E-state index contributed by atoms with van der Waals surface area (Å²) in [5.41, 5.74) is 16.1. The molecule has 31 heavy (non-hydrogen) atoms. The van der Waals surface area contributed by atoms with Crippen LogP contribution in [0.4, 0.5) is 0 Å². The number of nitrogens with two attached hydrogens (primary N) is 2. The minimum absolute atomic E-state index is 0.0376. The lowest BCUT2D eigenvalue weighted by Crippen LogP contribution is -2.28. The second kappa shape index (κ2) is 8.63. The molecule has 1 aliphatic carbocycles. The van der Waals surface area contributed by atoms with Crippen molar-refractivity contribution >= 4 is 22.7 Å². The Hall–Kier alpha value is -2.38. The molecule has 1 saturated heterocycles. The fourth-order valence-electron chi connectivity index (χ4n) is 5.81. The smallest absolute Gasteiger partial charge is 0.249 e. The molecule has 0 radical (unpaired) electrons. The minimum Gasteiger partial charge on any atom is -0.388 e. The number of primary amides is 2. The van der Waals surface area contributed by atoms with Crippen molar-refractivity contribution < 1.29 is 19.4 Å². The molecular weight excluding hydrogens is 394 g/mol. The molecule has 2 heterocycles. The van der Waals surface area contributed by atoms with Crippen LogP contribution in [-0.4, -0.2) is 34.7 Å². The van der Waals surface area contributed by atoms with E-state index in [0.29, 0.717) is 34.9 Å². The van der Waals surface area contributed by atoms with Crippen LogP contribution in [0.3, 0.4) is 0 Å². The summed E-state index contributed by atoms with van der Waals surface area (Å²) in [4.78, 5) is 24.4. The van der Waals surface area contributed by atoms with Gasteiger partial charge in [0.1, 0.15) is 0 Å². The van der Waals surface area contributed by atoms with Crippen molar-refractivity contribution in [3.05, 3.63) is 34.0 Å². The Balaban J connectivity index is 1.92. The summed E-state index contributed by atoms with van der Waals surface area (Å²) in [6, 6.07) is 1.83. The first-order valence-electron chi connectivity index (χ1n) is 11.3. The highest BCUT2D eigenvalue weighted by Gasteiger charge is 2.33. The number of benzene rings is 1. The van der Waals surface area contributed by atoms with Gasteiger partial charge in [-0.05, 0) is 73.1 Å². The lowest BCUT2D eigenvalue weighted by Gasteiger charge is -2.33. The Labute approximate surface area is 182 Å². The van der Waals surface area contributed by atoms with Gasteiger partial charge in [0.15, 0.2) is 0 Å². The van der Waals surface area contributed by atoms with Crippen LogP contribution in [0.15, 0.2) is 6.07 Å². The van der Waals surface area contributed by atoms with Gasteiger partial charge in [0, 0.05) is 36.9 Å². The lowest BCUT2D eigenvalue weighted by molar-refractivity contribution is -0.117. The number of carbonyl (C=O) groups is 2. The van der Waals surface area contributed by atoms with Gasteiger partial charge in [-0.15, -0.1) is 0 Å². The fourth-order valence-corrected chi connectivity index (χ4v) is 5.81. The minimum atomic E-state index is -0.886. The van der Waals surface area contributed by atoms with E-state index in [-0.39, 0.29) is 6.42 Å². The largest absolute Gasteiger partial charge is 0.388 e. The molecule has 1 aromatic carbocycles. The van der Waals surface area contributed by atoms with Gasteiger partial charge < -0.3 is 25.9 Å². The number of fused-ring (bicyclic) bond motifs is 3. The van der Waals surface area contributed by atoms with E-state index in [2.05, 4.69) is 4.57 Å². The molecule has 0 bridgehead atoms. The van der Waals surface area contributed by atoms with Crippen LogP contribution in [0.25, 0.3) is 10.9 Å². The molecule has 2 atom stereocenters. The maximum atomic E-state index is 12.4. The van der Waals surface area contributed by atoms with Crippen molar-refractivity contribution in [3.63, 3.8) is 0 Å². The molecule has 1 fully saturated rings. The van der Waals surface area contributed by atoms with Crippen LogP contribution < -0.4 is 11.5 Å². The molecule has 1 aliphatic heterocycles. The molecule has 0 spiro atoms. The number of hydrogen-bond acceptors (Lipinski definition) is 4. The first-order valence-corrected chi connectivity index (χ1v) is 11.3. The third kappa shape index (κ3) is 3.85. The van der Waals surface area contributed by atoms with E-state index in [1.165, 1.54) is 11.3 Å². The van der Waals surface area contributed by atoms with Gasteiger partial charge in [-0.1, -0.05) is 6.92 Å². The Morgan fingerprint density at radius 3 is 2.55 bits per heavy atom. The van der Waals surface area contributed by atoms with E-state index in [1.807, 2.05) is 20.0 Å². The van der Waals surface area contributed by atoms with Crippen LogP contribution in [0.2, 0.25) is 0 Å². The van der Waals surface area contributed by atoms with Gasteiger partial charge in [0.05, 0.1) is 18.0 Å². The highest BCUT2D eigenvalue weighted by atomic mass is 16.5. The first kappa shape index (κ1) is 21.8. The summed E-state index contributed by atoms with van der Waals surface area (Å²) in [6.07, 6.45) is 4.70. The van der Waals surface area contributed by atoms with Crippen molar-refractivity contribution in [1.82, 2.24) is 4.57 Å². The second-order valence-electron chi connectivity index (χ2n) is 9.08. The Kier molecular flexibility index (Phi) is 6.08. The normalized spacial score (nSPS) is 20.5. The SMILES string of the molecule is CCC(O)c1c(C(N)=O)cc2c3c(n(C)c2c1CC(N)=O)CCC(C1CCOCC1)C3. The molecule has 2 aliphatic rings. The molecule has 4 rings (SSSR count). The van der Waals surface area contributed by atoms with Crippen molar-refractivity contribution in [2.24, 2.45) is 30.4 Å². The average molecular weight is 428 g/mol. The number of aromatic nitrogens is 1. The van der Waals surface area contributed by atoms with E-state index < -0.39 is 17.9 Å². The number of amides is 2. The second-order valence-corrected chi connectivity index (χ2v) is 9.08. The van der Waals surface area contributed by atoms with Crippen molar-refractivity contribution in [2.75, 3.05) is 13.2 Å². The number of carbonyl (C=O) groups excluding carboxylic acids is 2. The fraction of sp³-hybridized carbons (Fsp3) is 0.583. The molecule has 7 heteroatoms. The summed E-state index contributed by atoms with van der Waals surface area (Å²) in [5.74, 6) is 0.148. The zero-order valence-corrected chi connectivity index (χ0v) is 18.4. The van der Waals surface area contributed by atoms with E-state index >= 15 is 0 Å². The predicted molar refractivity (Wildman–Crippen MR) is 119 cm³/mol. The number of aliphatic hydroxyl groups is 1. The van der Waals surface area contributed by atoms with Crippen LogP contribution in [-0.2, 0) is 35.8 Å². The predicted octanol–water partition coefficient (Wildman–Crippen LogP) is 2.28. The van der Waals surface area contributed by atoms with E-state index in [9.17, 15) is 14.7 Å². The average Bonchev–Trinajstić information content (AvgIpc) is 3.04. The molecule has 2 unspecified atom stereocenters. The van der Waals surface area contributed by atoms with E-state index in [1.54, 1.807) is 0 Å². The summed E-state index contributed by atoms with van der Waals surface area (Å²) in [7, 11) is 2.01. The van der Waals surface area contributed by atoms with Gasteiger partial charge >= 0.3 is 0 Å². The van der Waals surface area contributed by atoms with Crippen LogP contribution in [0, 0.1) is 11.8 Å². The number of aliphatic hydroxyl groups excluding tert-OH is 1. The molecule has 168 valence electrons. The summed E-state index contributed by atoms with van der Waals surface area (Å²) < 4.78 is 7.69. The summed E-state index contributed by atoms with van der Waals surface area (Å²) in [6.45, 7) is 3.50. The zero-order chi connectivity index (χ0) is 22.3. The van der Waals surface area contributed by atoms with Crippen molar-refractivity contribution in [2.45, 2.75) is 58.0 Å². The molecule has 7 nitrogen and oxygen atoms in total.